The molecule has 30 heavy (non-hydrogen) atoms. The Balaban J connectivity index is 1.34. The van der Waals surface area contributed by atoms with Gasteiger partial charge in [-0.15, -0.1) is 0 Å². The van der Waals surface area contributed by atoms with Crippen molar-refractivity contribution in [2.24, 2.45) is 0 Å². The Morgan fingerprint density at radius 3 is 1.90 bits per heavy atom. The maximum absolute atomic E-state index is 6.18. The molecule has 0 unspecified atom stereocenters. The molecule has 1 N–H and O–H groups in total. The molecule has 0 aliphatic heterocycles. The van der Waals surface area contributed by atoms with E-state index in [1.165, 1.54) is 21.9 Å². The normalized spacial score (nSPS) is 11.3. The van der Waals surface area contributed by atoms with Crippen LogP contribution in [0.25, 0.3) is 43.8 Å². The van der Waals surface area contributed by atoms with Crippen LogP contribution in [0.1, 0.15) is 0 Å². The number of rotatable bonds is 3. The SMILES string of the molecule is c1ccc(-c2ccc(Nc3ccc4c(c3)oc3cc5ccccc5cc34)cc2)cc1. The van der Waals surface area contributed by atoms with E-state index in [-0.39, 0.29) is 0 Å². The van der Waals surface area contributed by atoms with E-state index in [2.05, 4.69) is 108 Å². The summed E-state index contributed by atoms with van der Waals surface area (Å²) in [6.45, 7) is 0. The monoisotopic (exact) mass is 385 g/mol. The molecule has 2 nitrogen and oxygen atoms in total. The quantitative estimate of drug-likeness (QED) is 0.332. The molecule has 0 aliphatic carbocycles. The molecule has 0 saturated carbocycles. The van der Waals surface area contributed by atoms with Gasteiger partial charge >= 0.3 is 0 Å². The smallest absolute Gasteiger partial charge is 0.137 e. The predicted molar refractivity (Wildman–Crippen MR) is 126 cm³/mol. The first kappa shape index (κ1) is 16.9. The van der Waals surface area contributed by atoms with Crippen molar-refractivity contribution >= 4 is 44.1 Å². The molecule has 6 rings (SSSR count). The molecule has 1 heterocycles. The summed E-state index contributed by atoms with van der Waals surface area (Å²) >= 11 is 0. The van der Waals surface area contributed by atoms with Gasteiger partial charge in [0.05, 0.1) is 0 Å². The molecule has 6 aromatic rings. The zero-order valence-electron chi connectivity index (χ0n) is 16.3. The Morgan fingerprint density at radius 2 is 1.10 bits per heavy atom. The highest BCUT2D eigenvalue weighted by molar-refractivity contribution is 6.10. The first-order chi connectivity index (χ1) is 14.8. The van der Waals surface area contributed by atoms with Crippen molar-refractivity contribution in [1.29, 1.82) is 0 Å². The third kappa shape index (κ3) is 2.90. The molecule has 0 bridgehead atoms. The van der Waals surface area contributed by atoms with Gasteiger partial charge < -0.3 is 9.73 Å². The molecule has 2 heteroatoms. The van der Waals surface area contributed by atoms with Gasteiger partial charge in [-0.05, 0) is 58.3 Å². The van der Waals surface area contributed by atoms with E-state index in [1.807, 2.05) is 6.07 Å². The lowest BCUT2D eigenvalue weighted by Crippen LogP contribution is -1.89. The summed E-state index contributed by atoms with van der Waals surface area (Å²) in [7, 11) is 0. The van der Waals surface area contributed by atoms with Gasteiger partial charge in [-0.3, -0.25) is 0 Å². The largest absolute Gasteiger partial charge is 0.456 e. The molecule has 0 atom stereocenters. The Kier molecular flexibility index (Phi) is 3.82. The fourth-order valence-corrected chi connectivity index (χ4v) is 4.08. The first-order valence-electron chi connectivity index (χ1n) is 10.1. The van der Waals surface area contributed by atoms with Gasteiger partial charge in [-0.25, -0.2) is 0 Å². The van der Waals surface area contributed by atoms with Crippen LogP contribution in [0, 0.1) is 0 Å². The van der Waals surface area contributed by atoms with Crippen molar-refractivity contribution in [3.8, 4) is 11.1 Å². The van der Waals surface area contributed by atoms with E-state index in [0.717, 1.165) is 33.3 Å². The van der Waals surface area contributed by atoms with Crippen LogP contribution >= 0.6 is 0 Å². The number of nitrogens with one attached hydrogen (secondary N) is 1. The summed E-state index contributed by atoms with van der Waals surface area (Å²) in [6, 6.07) is 38.0. The zero-order valence-corrected chi connectivity index (χ0v) is 16.3. The lowest BCUT2D eigenvalue weighted by atomic mass is 10.1. The molecule has 0 fully saturated rings. The Labute approximate surface area is 174 Å². The number of anilines is 2. The second kappa shape index (κ2) is 6.78. The van der Waals surface area contributed by atoms with Crippen LogP contribution < -0.4 is 5.32 Å². The predicted octanol–water partition coefficient (Wildman–Crippen LogP) is 8.15. The maximum Gasteiger partial charge on any atom is 0.137 e. The van der Waals surface area contributed by atoms with E-state index in [9.17, 15) is 0 Å². The lowest BCUT2D eigenvalue weighted by Gasteiger charge is -2.08. The highest BCUT2D eigenvalue weighted by Gasteiger charge is 2.09. The van der Waals surface area contributed by atoms with E-state index in [0.29, 0.717) is 0 Å². The first-order valence-corrected chi connectivity index (χ1v) is 10.1. The summed E-state index contributed by atoms with van der Waals surface area (Å²) < 4.78 is 6.18. The molecule has 1 aromatic heterocycles. The van der Waals surface area contributed by atoms with E-state index in [4.69, 9.17) is 4.42 Å². The lowest BCUT2D eigenvalue weighted by molar-refractivity contribution is 0.669. The average Bonchev–Trinajstić information content (AvgIpc) is 3.15. The van der Waals surface area contributed by atoms with Gasteiger partial charge in [0.25, 0.3) is 0 Å². The van der Waals surface area contributed by atoms with Crippen LogP contribution in [-0.2, 0) is 0 Å². The van der Waals surface area contributed by atoms with Crippen molar-refractivity contribution in [2.45, 2.75) is 0 Å². The molecular formula is C28H19NO. The minimum absolute atomic E-state index is 0.895. The average molecular weight is 385 g/mol. The van der Waals surface area contributed by atoms with Crippen molar-refractivity contribution in [2.75, 3.05) is 5.32 Å². The summed E-state index contributed by atoms with van der Waals surface area (Å²) in [4.78, 5) is 0. The second-order valence-electron chi connectivity index (χ2n) is 7.58. The van der Waals surface area contributed by atoms with Gasteiger partial charge in [0.1, 0.15) is 11.2 Å². The fourth-order valence-electron chi connectivity index (χ4n) is 4.08. The second-order valence-corrected chi connectivity index (χ2v) is 7.58. The van der Waals surface area contributed by atoms with Gasteiger partial charge in [-0.1, -0.05) is 66.7 Å². The zero-order chi connectivity index (χ0) is 19.9. The minimum Gasteiger partial charge on any atom is -0.456 e. The van der Waals surface area contributed by atoms with Crippen molar-refractivity contribution in [3.05, 3.63) is 109 Å². The van der Waals surface area contributed by atoms with E-state index < -0.39 is 0 Å². The molecule has 0 radical (unpaired) electrons. The van der Waals surface area contributed by atoms with Gasteiger partial charge in [0, 0.05) is 28.2 Å². The Morgan fingerprint density at radius 1 is 0.467 bits per heavy atom. The summed E-state index contributed by atoms with van der Waals surface area (Å²) in [5.41, 5.74) is 6.31. The standard InChI is InChI=1S/C28H19NO/c1-2-6-19(7-3-1)20-10-12-23(13-11-20)29-24-14-15-25-26-16-21-8-4-5-9-22(21)17-27(26)30-28(25)18-24/h1-18,29H. The molecule has 0 spiro atoms. The van der Waals surface area contributed by atoms with E-state index >= 15 is 0 Å². The van der Waals surface area contributed by atoms with Crippen LogP contribution in [-0.4, -0.2) is 0 Å². The minimum atomic E-state index is 0.895. The topological polar surface area (TPSA) is 25.2 Å². The summed E-state index contributed by atoms with van der Waals surface area (Å²) in [5, 5.41) is 8.21. The number of fused-ring (bicyclic) bond motifs is 4. The van der Waals surface area contributed by atoms with E-state index in [1.54, 1.807) is 0 Å². The van der Waals surface area contributed by atoms with Gasteiger partial charge in [0.15, 0.2) is 0 Å². The van der Waals surface area contributed by atoms with Crippen LogP contribution in [0.3, 0.4) is 0 Å². The molecule has 0 aliphatic rings. The van der Waals surface area contributed by atoms with Gasteiger partial charge in [0.2, 0.25) is 0 Å². The highest BCUT2D eigenvalue weighted by atomic mass is 16.3. The third-order valence-corrected chi connectivity index (χ3v) is 5.62. The number of furan rings is 1. The van der Waals surface area contributed by atoms with Crippen LogP contribution in [0.15, 0.2) is 114 Å². The van der Waals surface area contributed by atoms with Crippen molar-refractivity contribution < 1.29 is 4.42 Å². The number of hydrogen-bond donors (Lipinski definition) is 1. The van der Waals surface area contributed by atoms with Crippen molar-refractivity contribution in [1.82, 2.24) is 0 Å². The molecule has 0 saturated heterocycles. The summed E-state index contributed by atoms with van der Waals surface area (Å²) in [6.07, 6.45) is 0. The fraction of sp³-hybridized carbons (Fsp3) is 0. The molecule has 5 aromatic carbocycles. The summed E-state index contributed by atoms with van der Waals surface area (Å²) in [5.74, 6) is 0. The van der Waals surface area contributed by atoms with Gasteiger partial charge in [-0.2, -0.15) is 0 Å². The molecule has 0 amide bonds. The Bertz CT molecular complexity index is 1490. The third-order valence-electron chi connectivity index (χ3n) is 5.62. The van der Waals surface area contributed by atoms with Crippen molar-refractivity contribution in [3.63, 3.8) is 0 Å². The molecule has 142 valence electrons. The molecular weight excluding hydrogens is 366 g/mol. The van der Waals surface area contributed by atoms with Crippen LogP contribution in [0.2, 0.25) is 0 Å². The van der Waals surface area contributed by atoms with Crippen LogP contribution in [0.4, 0.5) is 11.4 Å². The van der Waals surface area contributed by atoms with Crippen LogP contribution in [0.5, 0.6) is 0 Å². The number of benzene rings is 5. The Hall–Kier alpha value is -4.04. The maximum atomic E-state index is 6.18. The number of hydrogen-bond acceptors (Lipinski definition) is 2. The highest BCUT2D eigenvalue weighted by Crippen LogP contribution is 2.34.